The van der Waals surface area contributed by atoms with Crippen LogP contribution in [0.3, 0.4) is 0 Å². The molecule has 2 unspecified atom stereocenters. The van der Waals surface area contributed by atoms with Gasteiger partial charge in [-0.25, -0.2) is 11.3 Å². The molecule has 1 aromatic carbocycles. The first-order chi connectivity index (χ1) is 16.7. The highest BCUT2D eigenvalue weighted by Crippen LogP contribution is 2.44. The lowest BCUT2D eigenvalue weighted by Crippen LogP contribution is -2.69. The highest BCUT2D eigenvalue weighted by atomic mass is 35.5. The number of Topliss-reactive ketones (excluding diaryl/α,β-unsaturated/α-hetero) is 1. The number of carbonyl (C=O) groups is 3. The Hall–Kier alpha value is -2.26. The van der Waals surface area contributed by atoms with E-state index in [1.165, 1.54) is 0 Å². The van der Waals surface area contributed by atoms with Gasteiger partial charge < -0.3 is 5.32 Å². The third-order valence-corrected chi connectivity index (χ3v) is 7.09. The number of allylic oxidation sites excluding steroid dienone is 1. The summed E-state index contributed by atoms with van der Waals surface area (Å²) in [6.45, 7) is 8.43. The molecule has 9 heteroatoms. The van der Waals surface area contributed by atoms with Crippen LogP contribution in [-0.2, 0) is 14.4 Å². The number of hydroxylamine groups is 1. The number of benzene rings is 1. The third-order valence-electron chi connectivity index (χ3n) is 7.09. The maximum Gasteiger partial charge on any atom is 0.249 e. The predicted molar refractivity (Wildman–Crippen MR) is 144 cm³/mol. The van der Waals surface area contributed by atoms with E-state index in [0.29, 0.717) is 32.2 Å². The summed E-state index contributed by atoms with van der Waals surface area (Å²) in [5, 5.41) is 13.0. The largest absolute Gasteiger partial charge is 0.304 e. The molecular formula is C27H43ClN4O4. The van der Waals surface area contributed by atoms with Gasteiger partial charge in [0.1, 0.15) is 5.41 Å². The molecule has 0 bridgehead atoms. The van der Waals surface area contributed by atoms with Crippen LogP contribution in [0.2, 0.25) is 0 Å². The molecule has 2 rings (SSSR count). The number of amides is 2. The molecule has 8 nitrogen and oxygen atoms in total. The number of hydrazine groups is 1. The number of halogens is 1. The van der Waals surface area contributed by atoms with E-state index in [0.717, 1.165) is 12.0 Å². The van der Waals surface area contributed by atoms with Gasteiger partial charge in [0, 0.05) is 0 Å². The Kier molecular flexibility index (Phi) is 12.8. The minimum atomic E-state index is -1.39. The van der Waals surface area contributed by atoms with Crippen LogP contribution in [0, 0.1) is 23.2 Å². The maximum absolute atomic E-state index is 14.6. The number of nitrogens with one attached hydrogen (secondary N) is 3. The van der Waals surface area contributed by atoms with E-state index < -0.39 is 28.7 Å². The monoisotopic (exact) mass is 522 g/mol. The molecule has 0 aliphatic carbocycles. The summed E-state index contributed by atoms with van der Waals surface area (Å²) in [4.78, 5) is 41.0. The molecule has 1 aromatic rings. The van der Waals surface area contributed by atoms with Gasteiger partial charge in [-0.05, 0) is 56.0 Å². The lowest BCUT2D eigenvalue weighted by molar-refractivity contribution is -0.156. The van der Waals surface area contributed by atoms with Crippen LogP contribution in [0.4, 0.5) is 0 Å². The summed E-state index contributed by atoms with van der Waals surface area (Å²) in [5.41, 5.74) is 2.26. The Labute approximate surface area is 221 Å². The van der Waals surface area contributed by atoms with Gasteiger partial charge in [0.05, 0.1) is 11.5 Å². The van der Waals surface area contributed by atoms with Crippen molar-refractivity contribution in [2.75, 3.05) is 6.54 Å². The van der Waals surface area contributed by atoms with Gasteiger partial charge in [-0.2, -0.15) is 0 Å². The fourth-order valence-corrected chi connectivity index (χ4v) is 5.68. The highest BCUT2D eigenvalue weighted by molar-refractivity contribution is 6.11. The molecule has 6 N–H and O–H groups in total. The molecule has 1 aliphatic heterocycles. The average Bonchev–Trinajstić information content (AvgIpc) is 2.85. The van der Waals surface area contributed by atoms with Crippen molar-refractivity contribution in [2.24, 2.45) is 29.0 Å². The Morgan fingerprint density at radius 3 is 2.47 bits per heavy atom. The van der Waals surface area contributed by atoms with Crippen LogP contribution in [-0.4, -0.2) is 34.9 Å². The number of ketones is 1. The smallest absolute Gasteiger partial charge is 0.249 e. The molecule has 202 valence electrons. The molecule has 1 fully saturated rings. The number of rotatable bonds is 12. The van der Waals surface area contributed by atoms with E-state index in [4.69, 9.17) is 5.84 Å². The first-order valence-corrected chi connectivity index (χ1v) is 12.6. The lowest BCUT2D eigenvalue weighted by Gasteiger charge is -2.48. The molecule has 0 spiro atoms. The van der Waals surface area contributed by atoms with Crippen molar-refractivity contribution in [3.63, 3.8) is 0 Å². The molecular weight excluding hydrogens is 480 g/mol. The Morgan fingerprint density at radius 2 is 1.94 bits per heavy atom. The van der Waals surface area contributed by atoms with Crippen LogP contribution >= 0.6 is 12.4 Å². The molecule has 36 heavy (non-hydrogen) atoms. The van der Waals surface area contributed by atoms with Crippen molar-refractivity contribution < 1.29 is 19.6 Å². The number of hydrogen-bond acceptors (Lipinski definition) is 6. The van der Waals surface area contributed by atoms with E-state index >= 15 is 0 Å². The van der Waals surface area contributed by atoms with Crippen LogP contribution in [0.15, 0.2) is 36.4 Å². The van der Waals surface area contributed by atoms with Crippen molar-refractivity contribution in [3.8, 4) is 0 Å². The summed E-state index contributed by atoms with van der Waals surface area (Å²) in [6, 6.07) is 9.65. The molecule has 4 atom stereocenters. The van der Waals surface area contributed by atoms with Crippen molar-refractivity contribution in [3.05, 3.63) is 42.0 Å². The SMILES string of the molecule is CCCC(CC(C)C)(C(=O)NN)C(=O)[C@@]1([C@H](C/C=C/c2ccccc2)C(=O)NO)CC(C)CCN1.Cl. The van der Waals surface area contributed by atoms with Crippen molar-refractivity contribution in [1.29, 1.82) is 0 Å². The first-order valence-electron chi connectivity index (χ1n) is 12.6. The topological polar surface area (TPSA) is 134 Å². The van der Waals surface area contributed by atoms with Gasteiger partial charge in [0.15, 0.2) is 5.78 Å². The number of piperidine rings is 1. The summed E-state index contributed by atoms with van der Waals surface area (Å²) in [5.74, 6) is 3.37. The van der Waals surface area contributed by atoms with Gasteiger partial charge in [-0.1, -0.05) is 76.6 Å². The lowest BCUT2D eigenvalue weighted by atomic mass is 9.59. The number of nitrogens with two attached hydrogens (primary N) is 1. The Bertz CT molecular complexity index is 895. The number of carbonyl (C=O) groups excluding carboxylic acids is 3. The average molecular weight is 523 g/mol. The summed E-state index contributed by atoms with van der Waals surface area (Å²) < 4.78 is 0. The van der Waals surface area contributed by atoms with Gasteiger partial charge in [0.25, 0.3) is 0 Å². The zero-order valence-corrected chi connectivity index (χ0v) is 22.7. The van der Waals surface area contributed by atoms with Crippen LogP contribution in [0.5, 0.6) is 0 Å². The quantitative estimate of drug-likeness (QED) is 0.0932. The molecule has 1 heterocycles. The van der Waals surface area contributed by atoms with E-state index in [1.807, 2.05) is 70.2 Å². The van der Waals surface area contributed by atoms with Gasteiger partial charge in [-0.15, -0.1) is 12.4 Å². The first kappa shape index (κ1) is 31.8. The summed E-state index contributed by atoms with van der Waals surface area (Å²) >= 11 is 0. The van der Waals surface area contributed by atoms with Crippen molar-refractivity contribution >= 4 is 36.1 Å². The van der Waals surface area contributed by atoms with Gasteiger partial charge in [-0.3, -0.25) is 25.0 Å². The maximum atomic E-state index is 14.6. The molecule has 0 aromatic heterocycles. The minimum absolute atomic E-state index is 0. The molecule has 2 amide bonds. The number of hydrogen-bond donors (Lipinski definition) is 5. The second-order valence-corrected chi connectivity index (χ2v) is 10.3. The molecule has 0 radical (unpaired) electrons. The van der Waals surface area contributed by atoms with Crippen LogP contribution in [0.1, 0.15) is 71.8 Å². The zero-order valence-electron chi connectivity index (χ0n) is 21.9. The second kappa shape index (κ2) is 14.5. The summed E-state index contributed by atoms with van der Waals surface area (Å²) in [7, 11) is 0. The van der Waals surface area contributed by atoms with Crippen LogP contribution < -0.4 is 22.1 Å². The highest BCUT2D eigenvalue weighted by Gasteiger charge is 2.59. The standard InChI is InChI=1S/C27H42N4O4.ClH/c1-5-15-26(17-19(2)3,25(34)30-28)24(33)27(18-20(4)14-16-29-27)22(23(32)31-35)13-9-12-21-10-7-6-8-11-21;/h6-12,19-20,22,29,35H,5,13-18,28H2,1-4H3,(H,30,34)(H,31,32);1H/b12-9+;/t20?,22-,26?,27+;/m1./s1. The third kappa shape index (κ3) is 7.16. The molecule has 1 saturated heterocycles. The second-order valence-electron chi connectivity index (χ2n) is 10.3. The van der Waals surface area contributed by atoms with E-state index in [2.05, 4.69) is 10.7 Å². The zero-order chi connectivity index (χ0) is 26.1. The molecule has 1 aliphatic rings. The fraction of sp³-hybridized carbons (Fsp3) is 0.593. The van der Waals surface area contributed by atoms with E-state index in [-0.39, 0.29) is 36.4 Å². The molecule has 0 saturated carbocycles. The fourth-order valence-electron chi connectivity index (χ4n) is 5.68. The Morgan fingerprint density at radius 1 is 1.28 bits per heavy atom. The van der Waals surface area contributed by atoms with Crippen LogP contribution in [0.25, 0.3) is 6.08 Å². The predicted octanol–water partition coefficient (Wildman–Crippen LogP) is 3.78. The van der Waals surface area contributed by atoms with Crippen molar-refractivity contribution in [2.45, 2.75) is 71.8 Å². The van der Waals surface area contributed by atoms with E-state index in [1.54, 1.807) is 5.48 Å². The van der Waals surface area contributed by atoms with Gasteiger partial charge >= 0.3 is 0 Å². The van der Waals surface area contributed by atoms with Gasteiger partial charge in [0.2, 0.25) is 11.8 Å². The van der Waals surface area contributed by atoms with E-state index in [9.17, 15) is 19.6 Å². The normalized spacial score (nSPS) is 22.4. The minimum Gasteiger partial charge on any atom is -0.304 e. The summed E-state index contributed by atoms with van der Waals surface area (Å²) in [6.07, 6.45) is 6.40. The van der Waals surface area contributed by atoms with Crippen molar-refractivity contribution in [1.82, 2.24) is 16.2 Å². The Balaban J connectivity index is 0.00000648.